The van der Waals surface area contributed by atoms with E-state index in [9.17, 15) is 9.59 Å². The first-order valence-electron chi connectivity index (χ1n) is 17.4. The van der Waals surface area contributed by atoms with E-state index in [0.29, 0.717) is 35.3 Å². The largest absolute Gasteiger partial charge is 1.00 e. The Hall–Kier alpha value is 0.320. The summed E-state index contributed by atoms with van der Waals surface area (Å²) in [6.07, 6.45) is 16.4. The fourth-order valence-corrected chi connectivity index (χ4v) is 12.3. The van der Waals surface area contributed by atoms with Crippen LogP contribution in [0.15, 0.2) is 0 Å². The quantitative estimate of drug-likeness (QED) is 0.230. The van der Waals surface area contributed by atoms with E-state index in [1.807, 2.05) is 0 Å². The molecule has 0 amide bonds. The van der Waals surface area contributed by atoms with Crippen molar-refractivity contribution in [3.63, 3.8) is 0 Å². The van der Waals surface area contributed by atoms with Crippen molar-refractivity contribution in [2.45, 2.75) is 135 Å². The van der Waals surface area contributed by atoms with Crippen LogP contribution < -0.4 is 48.0 Å². The van der Waals surface area contributed by atoms with Crippen LogP contribution in [-0.4, -0.2) is 85.5 Å². The van der Waals surface area contributed by atoms with Gasteiger partial charge in [0.2, 0.25) is 0 Å². The number of hydrogen-bond acceptors (Lipinski definition) is 4. The number of ether oxygens (including phenoxy) is 2. The predicted molar refractivity (Wildman–Crippen MR) is 161 cm³/mol. The van der Waals surface area contributed by atoms with Gasteiger partial charge in [-0.05, 0) is 99.7 Å². The maximum Gasteiger partial charge on any atom is 0.303 e. The third kappa shape index (κ3) is 6.32. The molecule has 4 aliphatic carbocycles. The van der Waals surface area contributed by atoms with Gasteiger partial charge in [0.15, 0.2) is 12.2 Å². The first kappa shape index (κ1) is 36.2. The molecule has 43 heavy (non-hydrogen) atoms. The fraction of sp³-hybridized carbons (Fsp3) is 0.943. The summed E-state index contributed by atoms with van der Waals surface area (Å²) < 4.78 is 14.7. The second-order valence-electron chi connectivity index (χ2n) is 16.7. The number of halogens is 2. The van der Waals surface area contributed by atoms with Crippen LogP contribution in [0, 0.1) is 34.5 Å². The molecule has 6 aliphatic rings. The molecule has 10 atom stereocenters. The summed E-state index contributed by atoms with van der Waals surface area (Å²) in [6.45, 7) is 13.3. The summed E-state index contributed by atoms with van der Waals surface area (Å²) in [7, 11) is 4.94. The Balaban J connectivity index is 0.00000212. The minimum absolute atomic E-state index is 0. The van der Waals surface area contributed by atoms with E-state index in [4.69, 9.17) is 9.47 Å². The zero-order chi connectivity index (χ0) is 29.2. The third-order valence-electron chi connectivity index (χ3n) is 14.5. The average Bonchev–Trinajstić information content (AvgIpc) is 3.21. The lowest BCUT2D eigenvalue weighted by atomic mass is 9.44. The van der Waals surface area contributed by atoms with Crippen LogP contribution in [0.1, 0.15) is 111 Å². The molecule has 6 fully saturated rings. The average molecular weight is 827 g/mol. The van der Waals surface area contributed by atoms with Crippen molar-refractivity contribution in [1.29, 1.82) is 0 Å². The van der Waals surface area contributed by atoms with E-state index in [2.05, 4.69) is 27.9 Å². The predicted octanol–water partition coefficient (Wildman–Crippen LogP) is 0.119. The van der Waals surface area contributed by atoms with Gasteiger partial charge >= 0.3 is 11.9 Å². The monoisotopic (exact) mass is 826 g/mol. The lowest BCUT2D eigenvalue weighted by Gasteiger charge is -2.63. The lowest BCUT2D eigenvalue weighted by Crippen LogP contribution is -3.00. The standard InChI is InChI=1S/C35H60N2O4.2HI/c1-24(38)40-32-21-26-13-14-27-28(35(26,4)23-31(32)37(6)19-11-8-12-20-37)15-16-34(3)29(27)22-30(33(34)41-25(2)39)36(5)17-9-7-10-18-36;;/h26-33H,7-23H2,1-6H3;2*1H/q+2;;/p-2/t26-,27+,28-,29-,30-,31-,32-,33-,34-,35-;;/m0../s1. The second-order valence-corrected chi connectivity index (χ2v) is 16.7. The summed E-state index contributed by atoms with van der Waals surface area (Å²) >= 11 is 0. The molecule has 6 nitrogen and oxygen atoms in total. The first-order valence-corrected chi connectivity index (χ1v) is 17.4. The van der Waals surface area contributed by atoms with E-state index in [0.717, 1.165) is 21.3 Å². The number of likely N-dealkylation sites (tertiary alicyclic amines) is 2. The van der Waals surface area contributed by atoms with Crippen LogP contribution in [0.2, 0.25) is 0 Å². The van der Waals surface area contributed by atoms with Gasteiger partial charge in [-0.1, -0.05) is 13.8 Å². The number of carbonyl (C=O) groups is 2. The molecule has 6 rings (SSSR count). The van der Waals surface area contributed by atoms with Gasteiger partial charge in [0.1, 0.15) is 12.1 Å². The maximum absolute atomic E-state index is 12.5. The van der Waals surface area contributed by atoms with E-state index in [1.54, 1.807) is 13.8 Å². The van der Waals surface area contributed by atoms with Gasteiger partial charge in [0.05, 0.1) is 40.3 Å². The normalized spacial score (nSPS) is 44.7. The van der Waals surface area contributed by atoms with Crippen LogP contribution >= 0.6 is 0 Å². The molecule has 0 unspecified atom stereocenters. The maximum atomic E-state index is 12.5. The highest BCUT2D eigenvalue weighted by molar-refractivity contribution is 5.66. The molecule has 4 saturated carbocycles. The van der Waals surface area contributed by atoms with Crippen molar-refractivity contribution in [1.82, 2.24) is 0 Å². The highest BCUT2D eigenvalue weighted by Crippen LogP contribution is 2.68. The van der Waals surface area contributed by atoms with Gasteiger partial charge in [-0.25, -0.2) is 0 Å². The summed E-state index contributed by atoms with van der Waals surface area (Å²) in [5.41, 5.74) is 0.377. The topological polar surface area (TPSA) is 52.6 Å². The molecular weight excluding hydrogens is 766 g/mol. The molecule has 8 heteroatoms. The van der Waals surface area contributed by atoms with Gasteiger partial charge in [-0.15, -0.1) is 0 Å². The molecule has 2 saturated heterocycles. The minimum Gasteiger partial charge on any atom is -1.00 e. The second kappa shape index (κ2) is 13.4. The van der Waals surface area contributed by atoms with Crippen molar-refractivity contribution in [3.8, 4) is 0 Å². The number of carbonyl (C=O) groups excluding carboxylic acids is 2. The molecule has 0 aromatic carbocycles. The molecule has 2 aliphatic heterocycles. The smallest absolute Gasteiger partial charge is 0.303 e. The molecule has 0 aromatic heterocycles. The van der Waals surface area contributed by atoms with Crippen LogP contribution in [0.25, 0.3) is 0 Å². The number of piperidine rings is 2. The number of hydrogen-bond donors (Lipinski definition) is 0. The highest BCUT2D eigenvalue weighted by atomic mass is 127. The van der Waals surface area contributed by atoms with Crippen LogP contribution in [0.4, 0.5) is 0 Å². The molecule has 0 aromatic rings. The first-order chi connectivity index (χ1) is 19.4. The molecule has 0 radical (unpaired) electrons. The molecular formula is C35H60I2N2O4. The van der Waals surface area contributed by atoms with Crippen molar-refractivity contribution in [3.05, 3.63) is 0 Å². The summed E-state index contributed by atoms with van der Waals surface area (Å²) in [6, 6.07) is 0.846. The molecule has 0 N–H and O–H groups in total. The number of nitrogens with zero attached hydrogens (tertiary/aromatic N) is 2. The van der Waals surface area contributed by atoms with Crippen molar-refractivity contribution in [2.75, 3.05) is 40.3 Å². The number of likely N-dealkylation sites (N-methyl/N-ethyl adjacent to an activating group) is 2. The Kier molecular flexibility index (Phi) is 11.3. The Bertz CT molecular complexity index is 1010. The Morgan fingerprint density at radius 2 is 1.23 bits per heavy atom. The van der Waals surface area contributed by atoms with Crippen molar-refractivity contribution in [2.24, 2.45) is 34.5 Å². The molecule has 0 spiro atoms. The zero-order valence-electron chi connectivity index (χ0n) is 27.9. The van der Waals surface area contributed by atoms with Crippen LogP contribution in [0.3, 0.4) is 0 Å². The zero-order valence-corrected chi connectivity index (χ0v) is 32.2. The van der Waals surface area contributed by atoms with Gasteiger partial charge in [-0.3, -0.25) is 9.59 Å². The molecule has 0 bridgehead atoms. The lowest BCUT2D eigenvalue weighted by molar-refractivity contribution is -0.943. The van der Waals surface area contributed by atoms with Gasteiger partial charge < -0.3 is 66.4 Å². The Labute approximate surface area is 296 Å². The van der Waals surface area contributed by atoms with Crippen LogP contribution in [0.5, 0.6) is 0 Å². The number of quaternary nitrogens is 2. The summed E-state index contributed by atoms with van der Waals surface area (Å²) in [5.74, 6) is 2.52. The van der Waals surface area contributed by atoms with Crippen molar-refractivity contribution >= 4 is 11.9 Å². The SMILES string of the molecule is CC(=O)O[C@H]1C[C@@H]2CC[C@@H]3[C@H](CC[C@@]4(C)[C@H]3C[C@H]([N+]3(C)CCCCC3)[C@@H]4OC(C)=O)[C@@]2(C)C[C@@H]1[N+]1(C)CCCCC1.[I-].[I-]. The van der Waals surface area contributed by atoms with E-state index < -0.39 is 0 Å². The molecule has 248 valence electrons. The Morgan fingerprint density at radius 3 is 1.79 bits per heavy atom. The van der Waals surface area contributed by atoms with Gasteiger partial charge in [-0.2, -0.15) is 0 Å². The summed E-state index contributed by atoms with van der Waals surface area (Å²) in [4.78, 5) is 24.8. The van der Waals surface area contributed by atoms with Crippen molar-refractivity contribution < 1.29 is 76.0 Å². The number of fused-ring (bicyclic) bond motifs is 5. The minimum atomic E-state index is -0.0998. The summed E-state index contributed by atoms with van der Waals surface area (Å²) in [5, 5.41) is 0. The van der Waals surface area contributed by atoms with E-state index in [-0.39, 0.29) is 77.5 Å². The highest BCUT2D eigenvalue weighted by Gasteiger charge is 2.68. The van der Waals surface area contributed by atoms with E-state index in [1.165, 1.54) is 103 Å². The number of rotatable bonds is 4. The number of esters is 2. The fourth-order valence-electron chi connectivity index (χ4n) is 12.3. The Morgan fingerprint density at radius 1 is 0.674 bits per heavy atom. The van der Waals surface area contributed by atoms with Gasteiger partial charge in [0, 0.05) is 32.1 Å². The molecule has 2 heterocycles. The van der Waals surface area contributed by atoms with Gasteiger partial charge in [0.25, 0.3) is 0 Å². The van der Waals surface area contributed by atoms with Crippen LogP contribution in [-0.2, 0) is 19.1 Å². The third-order valence-corrected chi connectivity index (χ3v) is 14.5. The van der Waals surface area contributed by atoms with E-state index >= 15 is 0 Å².